The molecule has 0 aromatic heterocycles. The van der Waals surface area contributed by atoms with Gasteiger partial charge >= 0.3 is 0 Å². The molecule has 0 aliphatic heterocycles. The lowest BCUT2D eigenvalue weighted by Crippen LogP contribution is -2.01. The van der Waals surface area contributed by atoms with E-state index in [2.05, 4.69) is 17.2 Å². The first kappa shape index (κ1) is 17.5. The summed E-state index contributed by atoms with van der Waals surface area (Å²) in [6.07, 6.45) is 1.66. The number of phenolic OH excluding ortho intramolecular Hbond substituents is 2. The summed E-state index contributed by atoms with van der Waals surface area (Å²) < 4.78 is 0. The van der Waals surface area contributed by atoms with Gasteiger partial charge in [0.1, 0.15) is 11.5 Å². The number of phenols is 2. The normalized spacial score (nSPS) is 11.0. The Morgan fingerprint density at radius 1 is 0.885 bits per heavy atom. The molecular weight excluding hydrogens is 324 g/mol. The number of aryl methyl sites for hydroxylation is 2. The minimum atomic E-state index is 0.198. The zero-order valence-electron chi connectivity index (χ0n) is 14.9. The Bertz CT molecular complexity index is 949. The molecule has 0 amide bonds. The number of nitrogens with zero attached hydrogens (tertiary/aromatic N) is 1. The van der Waals surface area contributed by atoms with Crippen LogP contribution in [0.5, 0.6) is 11.5 Å². The van der Waals surface area contributed by atoms with Crippen molar-refractivity contribution in [3.8, 4) is 11.5 Å². The van der Waals surface area contributed by atoms with E-state index in [4.69, 9.17) is 0 Å². The van der Waals surface area contributed by atoms with E-state index in [9.17, 15) is 10.2 Å². The Morgan fingerprint density at radius 3 is 2.27 bits per heavy atom. The summed E-state index contributed by atoms with van der Waals surface area (Å²) >= 11 is 0. The van der Waals surface area contributed by atoms with Crippen molar-refractivity contribution in [1.29, 1.82) is 0 Å². The third kappa shape index (κ3) is 4.03. The molecule has 4 heteroatoms. The van der Waals surface area contributed by atoms with Gasteiger partial charge < -0.3 is 15.5 Å². The fourth-order valence-electron chi connectivity index (χ4n) is 2.64. The molecule has 0 saturated carbocycles. The van der Waals surface area contributed by atoms with Crippen molar-refractivity contribution in [3.63, 3.8) is 0 Å². The van der Waals surface area contributed by atoms with Crippen LogP contribution >= 0.6 is 0 Å². The number of hydrogen-bond donors (Lipinski definition) is 3. The van der Waals surface area contributed by atoms with Gasteiger partial charge in [-0.25, -0.2) is 0 Å². The molecule has 3 aromatic rings. The van der Waals surface area contributed by atoms with Gasteiger partial charge in [0, 0.05) is 23.9 Å². The Hall–Kier alpha value is -3.27. The summed E-state index contributed by atoms with van der Waals surface area (Å²) in [6, 6.07) is 18.4. The Morgan fingerprint density at radius 2 is 1.54 bits per heavy atom. The monoisotopic (exact) mass is 346 g/mol. The largest absolute Gasteiger partial charge is 0.508 e. The molecule has 0 fully saturated rings. The van der Waals surface area contributed by atoms with Crippen LogP contribution in [0.4, 0.5) is 11.4 Å². The van der Waals surface area contributed by atoms with E-state index in [-0.39, 0.29) is 11.5 Å². The van der Waals surface area contributed by atoms with Gasteiger partial charge in [-0.15, -0.1) is 0 Å². The summed E-state index contributed by atoms with van der Waals surface area (Å²) in [5.41, 5.74) is 5.45. The van der Waals surface area contributed by atoms with Crippen molar-refractivity contribution >= 4 is 17.6 Å². The first-order chi connectivity index (χ1) is 12.5. The van der Waals surface area contributed by atoms with Gasteiger partial charge in [0.15, 0.2) is 0 Å². The molecule has 3 aromatic carbocycles. The van der Waals surface area contributed by atoms with Crippen molar-refractivity contribution in [2.24, 2.45) is 4.99 Å². The van der Waals surface area contributed by atoms with Crippen LogP contribution in [0.1, 0.15) is 22.3 Å². The van der Waals surface area contributed by atoms with Gasteiger partial charge in [-0.3, -0.25) is 4.99 Å². The maximum absolute atomic E-state index is 9.94. The Balaban J connectivity index is 1.88. The molecule has 132 valence electrons. The second-order valence-corrected chi connectivity index (χ2v) is 6.25. The highest BCUT2D eigenvalue weighted by Gasteiger charge is 2.06. The van der Waals surface area contributed by atoms with E-state index < -0.39 is 0 Å². The van der Waals surface area contributed by atoms with Gasteiger partial charge in [-0.1, -0.05) is 30.3 Å². The van der Waals surface area contributed by atoms with Gasteiger partial charge in [0.2, 0.25) is 0 Å². The molecule has 0 aliphatic carbocycles. The number of para-hydroxylation sites is 2. The maximum atomic E-state index is 9.94. The van der Waals surface area contributed by atoms with E-state index in [0.29, 0.717) is 12.1 Å². The molecule has 26 heavy (non-hydrogen) atoms. The van der Waals surface area contributed by atoms with Crippen LogP contribution in [0.25, 0.3) is 0 Å². The highest BCUT2D eigenvalue weighted by Crippen LogP contribution is 2.30. The fraction of sp³-hybridized carbons (Fsp3) is 0.136. The maximum Gasteiger partial charge on any atom is 0.124 e. The van der Waals surface area contributed by atoms with E-state index in [1.165, 1.54) is 0 Å². The molecule has 3 N–H and O–H groups in total. The van der Waals surface area contributed by atoms with Gasteiger partial charge in [-0.2, -0.15) is 0 Å². The number of rotatable bonds is 5. The van der Waals surface area contributed by atoms with Crippen LogP contribution in [0.2, 0.25) is 0 Å². The summed E-state index contributed by atoms with van der Waals surface area (Å²) in [5.74, 6) is 0.465. The van der Waals surface area contributed by atoms with Crippen LogP contribution in [-0.4, -0.2) is 16.4 Å². The van der Waals surface area contributed by atoms with Crippen LogP contribution in [0.3, 0.4) is 0 Å². The Kier molecular flexibility index (Phi) is 5.23. The topological polar surface area (TPSA) is 64.9 Å². The summed E-state index contributed by atoms with van der Waals surface area (Å²) in [4.78, 5) is 4.56. The van der Waals surface area contributed by atoms with Crippen molar-refractivity contribution in [2.75, 3.05) is 5.32 Å². The summed E-state index contributed by atoms with van der Waals surface area (Å²) in [5, 5.41) is 23.2. The molecule has 0 aliphatic rings. The van der Waals surface area contributed by atoms with Crippen LogP contribution < -0.4 is 5.32 Å². The molecule has 0 saturated heterocycles. The second kappa shape index (κ2) is 7.74. The van der Waals surface area contributed by atoms with Crippen molar-refractivity contribution < 1.29 is 10.2 Å². The Labute approximate surface area is 153 Å². The minimum Gasteiger partial charge on any atom is -0.508 e. The molecule has 0 bridgehead atoms. The van der Waals surface area contributed by atoms with E-state index in [1.807, 2.05) is 43.3 Å². The molecular formula is C22H22N2O2. The van der Waals surface area contributed by atoms with Gasteiger partial charge in [0.05, 0.1) is 11.4 Å². The molecule has 3 rings (SSSR count). The predicted octanol–water partition coefficient (Wildman–Crippen LogP) is 5.08. The average molecular weight is 346 g/mol. The number of aromatic hydroxyl groups is 2. The van der Waals surface area contributed by atoms with Crippen LogP contribution in [0.15, 0.2) is 65.7 Å². The fourth-order valence-corrected chi connectivity index (χ4v) is 2.64. The number of nitrogens with one attached hydrogen (secondary N) is 1. The molecule has 0 heterocycles. The van der Waals surface area contributed by atoms with Gasteiger partial charge in [0.25, 0.3) is 0 Å². The minimum absolute atomic E-state index is 0.198. The van der Waals surface area contributed by atoms with Gasteiger partial charge in [-0.05, 0) is 55.3 Å². The molecule has 0 unspecified atom stereocenters. The predicted molar refractivity (Wildman–Crippen MR) is 107 cm³/mol. The third-order valence-electron chi connectivity index (χ3n) is 4.35. The number of aliphatic imine (C=N–C) groups is 1. The highest BCUT2D eigenvalue weighted by atomic mass is 16.3. The zero-order chi connectivity index (χ0) is 18.5. The molecule has 0 spiro atoms. The lowest BCUT2D eigenvalue weighted by atomic mass is 10.1. The summed E-state index contributed by atoms with van der Waals surface area (Å²) in [6.45, 7) is 4.59. The van der Waals surface area contributed by atoms with E-state index in [0.717, 1.165) is 28.1 Å². The van der Waals surface area contributed by atoms with Crippen LogP contribution in [-0.2, 0) is 6.54 Å². The first-order valence-electron chi connectivity index (χ1n) is 8.48. The van der Waals surface area contributed by atoms with Crippen LogP contribution in [0, 0.1) is 13.8 Å². The molecule has 0 radical (unpaired) electrons. The SMILES string of the molecule is Cc1cc(N=Cc2ccccc2O)c(NCc2ccccc2O)cc1C. The van der Waals surface area contributed by atoms with Crippen molar-refractivity contribution in [3.05, 3.63) is 82.9 Å². The second-order valence-electron chi connectivity index (χ2n) is 6.25. The molecule has 0 atom stereocenters. The molecule has 4 nitrogen and oxygen atoms in total. The van der Waals surface area contributed by atoms with Crippen molar-refractivity contribution in [1.82, 2.24) is 0 Å². The lowest BCUT2D eigenvalue weighted by molar-refractivity contribution is 0.469. The average Bonchev–Trinajstić information content (AvgIpc) is 2.63. The van der Waals surface area contributed by atoms with E-state index >= 15 is 0 Å². The highest BCUT2D eigenvalue weighted by molar-refractivity contribution is 5.87. The third-order valence-corrected chi connectivity index (χ3v) is 4.35. The summed E-state index contributed by atoms with van der Waals surface area (Å²) in [7, 11) is 0. The lowest BCUT2D eigenvalue weighted by Gasteiger charge is -2.13. The van der Waals surface area contributed by atoms with Crippen molar-refractivity contribution in [2.45, 2.75) is 20.4 Å². The first-order valence-corrected chi connectivity index (χ1v) is 8.48. The quantitative estimate of drug-likeness (QED) is 0.565. The zero-order valence-corrected chi connectivity index (χ0v) is 14.9. The standard InChI is InChI=1S/C22H22N2O2/c1-15-11-19(23-13-17-7-3-5-9-21(17)25)20(12-16(15)2)24-14-18-8-4-6-10-22(18)26/h3-13,24-26H,14H2,1-2H3. The van der Waals surface area contributed by atoms with E-state index in [1.54, 1.807) is 30.5 Å². The number of hydrogen-bond acceptors (Lipinski definition) is 4. The number of anilines is 1. The smallest absolute Gasteiger partial charge is 0.124 e. The number of benzene rings is 3.